The summed E-state index contributed by atoms with van der Waals surface area (Å²) in [5, 5.41) is -0.769. The summed E-state index contributed by atoms with van der Waals surface area (Å²) in [4.78, 5) is 0. The van der Waals surface area contributed by atoms with Crippen LogP contribution in [0, 0.1) is 0 Å². The Morgan fingerprint density at radius 1 is 0.677 bits per heavy atom. The van der Waals surface area contributed by atoms with Crippen molar-refractivity contribution in [2.24, 2.45) is 0 Å². The highest BCUT2D eigenvalue weighted by Gasteiger charge is 2.66. The molecular weight excluding hydrogens is 475 g/mol. The van der Waals surface area contributed by atoms with E-state index in [2.05, 4.69) is 89.4 Å². The summed E-state index contributed by atoms with van der Waals surface area (Å²) in [5.74, 6) is 0. The molecule has 1 unspecified atom stereocenters. The van der Waals surface area contributed by atoms with E-state index in [9.17, 15) is 0 Å². The largest absolute Gasteiger partial charge is 0.420 e. The first-order valence-electron chi connectivity index (χ1n) is 11.8. The number of hydrogen-bond acceptors (Lipinski definition) is 3. The lowest BCUT2D eigenvalue weighted by molar-refractivity contribution is 0.341. The monoisotopic (exact) mass is 528 g/mol. The van der Waals surface area contributed by atoms with Crippen molar-refractivity contribution in [1.29, 1.82) is 0 Å². The van der Waals surface area contributed by atoms with Gasteiger partial charge in [0.2, 0.25) is 0 Å². The van der Waals surface area contributed by atoms with E-state index in [1.165, 1.54) is 0 Å². The Kier molecular flexibility index (Phi) is 9.72. The summed E-state index contributed by atoms with van der Waals surface area (Å²) in [7, 11) is -14.4. The van der Waals surface area contributed by atoms with Gasteiger partial charge >= 0.3 is 17.4 Å². The molecule has 0 bridgehead atoms. The van der Waals surface area contributed by atoms with Gasteiger partial charge in [0.05, 0.1) is 0 Å². The van der Waals surface area contributed by atoms with Crippen molar-refractivity contribution in [2.75, 3.05) is 0 Å². The van der Waals surface area contributed by atoms with Gasteiger partial charge < -0.3 is 12.7 Å². The molecule has 188 valence electrons. The third-order valence-corrected chi connectivity index (χ3v) is 33.3. The number of rotatable bonds is 9. The summed E-state index contributed by atoms with van der Waals surface area (Å²) in [5.41, 5.74) is -0.382. The first-order valence-corrected chi connectivity index (χ1v) is 24.9. The highest BCUT2D eigenvalue weighted by atomic mass is 28.5. The third-order valence-electron chi connectivity index (χ3n) is 6.16. The van der Waals surface area contributed by atoms with Crippen LogP contribution in [0.25, 0.3) is 0 Å². The maximum atomic E-state index is 17.2. The molecule has 0 aromatic rings. The molecule has 0 saturated carbocycles. The Balaban J connectivity index is 7.03. The van der Waals surface area contributed by atoms with Crippen molar-refractivity contribution in [1.82, 2.24) is 8.54 Å². The second-order valence-corrected chi connectivity index (χ2v) is 37.2. The van der Waals surface area contributed by atoms with Crippen LogP contribution in [-0.2, 0) is 4.12 Å². The van der Waals surface area contributed by atoms with Gasteiger partial charge in [-0.25, -0.2) is 0 Å². The van der Waals surface area contributed by atoms with Crippen LogP contribution >= 0.6 is 0 Å². The number of hydrogen-bond donors (Lipinski definition) is 1. The van der Waals surface area contributed by atoms with Gasteiger partial charge in [-0.3, -0.25) is 8.22 Å². The fourth-order valence-corrected chi connectivity index (χ4v) is 41.2. The number of halogens is 2. The molecule has 10 heteroatoms. The Hall–Kier alpha value is 0.824. The minimum Gasteiger partial charge on any atom is -0.420 e. The van der Waals surface area contributed by atoms with E-state index < -0.39 is 42.3 Å². The summed E-state index contributed by atoms with van der Waals surface area (Å²) < 4.78 is 46.6. The first kappa shape index (κ1) is 31.8. The second kappa shape index (κ2) is 9.46. The molecule has 0 aliphatic rings. The van der Waals surface area contributed by atoms with E-state index in [1.54, 1.807) is 6.55 Å². The standard InChI is InChI=1S/C21H54F2N2OSi5/c1-18(2)30(23,19(3)4)26-31(20(5,6)7,21(8,9)10)24-29(17,22)25(27(11,12)13)28(14,15)16/h18-19,24H,1-17H3. The van der Waals surface area contributed by atoms with E-state index in [0.717, 1.165) is 0 Å². The zero-order valence-corrected chi connectivity index (χ0v) is 28.8. The van der Waals surface area contributed by atoms with Gasteiger partial charge in [0.15, 0.2) is 0 Å². The van der Waals surface area contributed by atoms with Crippen LogP contribution in [-0.4, -0.2) is 46.2 Å². The smallest absolute Gasteiger partial charge is 0.379 e. The van der Waals surface area contributed by atoms with E-state index in [0.29, 0.717) is 0 Å². The maximum Gasteiger partial charge on any atom is 0.379 e. The molecule has 0 fully saturated rings. The molecule has 0 rings (SSSR count). The normalized spacial score (nSPS) is 17.6. The fraction of sp³-hybridized carbons (Fsp3) is 1.00. The lowest BCUT2D eigenvalue weighted by Gasteiger charge is -2.59. The van der Waals surface area contributed by atoms with Crippen LogP contribution in [0.15, 0.2) is 0 Å². The van der Waals surface area contributed by atoms with E-state index in [4.69, 9.17) is 4.12 Å². The molecule has 0 aromatic heterocycles. The van der Waals surface area contributed by atoms with Crippen LogP contribution in [0.1, 0.15) is 69.2 Å². The van der Waals surface area contributed by atoms with Gasteiger partial charge in [0, 0.05) is 11.1 Å². The molecular formula is C21H54F2N2OSi5. The highest BCUT2D eigenvalue weighted by Crippen LogP contribution is 2.54. The molecule has 0 saturated heterocycles. The van der Waals surface area contributed by atoms with Crippen molar-refractivity contribution < 1.29 is 12.3 Å². The summed E-state index contributed by atoms with van der Waals surface area (Å²) in [6.07, 6.45) is 0. The molecule has 0 radical (unpaired) electrons. The van der Waals surface area contributed by atoms with Gasteiger partial charge in [-0.1, -0.05) is 109 Å². The SMILES string of the molecule is CC(C)[Si](F)(O[Si](N[Si](C)(F)N([Si](C)(C)C)[Si](C)(C)C)(C(C)(C)C)C(C)(C)C)C(C)C. The van der Waals surface area contributed by atoms with Crippen LogP contribution in [0.3, 0.4) is 0 Å². The molecule has 0 aliphatic carbocycles. The highest BCUT2D eigenvalue weighted by molar-refractivity contribution is 7.05. The molecule has 1 atom stereocenters. The van der Waals surface area contributed by atoms with Crippen LogP contribution < -0.4 is 4.65 Å². The Labute approximate surface area is 199 Å². The molecule has 3 nitrogen and oxygen atoms in total. The maximum absolute atomic E-state index is 17.2. The predicted molar refractivity (Wildman–Crippen MR) is 148 cm³/mol. The van der Waals surface area contributed by atoms with Gasteiger partial charge in [0.1, 0.15) is 16.5 Å². The lowest BCUT2D eigenvalue weighted by Crippen LogP contribution is -2.83. The fourth-order valence-electron chi connectivity index (χ4n) is 5.61. The third kappa shape index (κ3) is 6.92. The zero-order chi connectivity index (χ0) is 25.6. The first-order chi connectivity index (χ1) is 13.2. The summed E-state index contributed by atoms with van der Waals surface area (Å²) in [6.45, 7) is 35.6. The molecule has 0 spiro atoms. The van der Waals surface area contributed by atoms with Crippen molar-refractivity contribution in [3.63, 3.8) is 0 Å². The molecule has 0 aromatic carbocycles. The topological polar surface area (TPSA) is 24.5 Å². The Morgan fingerprint density at radius 2 is 0.968 bits per heavy atom. The lowest BCUT2D eigenvalue weighted by atomic mass is 10.2. The summed E-state index contributed by atoms with van der Waals surface area (Å²) in [6, 6.07) is 0. The van der Waals surface area contributed by atoms with E-state index in [-0.39, 0.29) is 21.2 Å². The molecule has 1 N–H and O–H groups in total. The quantitative estimate of drug-likeness (QED) is 0.240. The van der Waals surface area contributed by atoms with Crippen molar-refractivity contribution in [2.45, 2.75) is 136 Å². The van der Waals surface area contributed by atoms with Gasteiger partial charge in [0.25, 0.3) is 8.48 Å². The Bertz CT molecular complexity index is 567. The van der Waals surface area contributed by atoms with Crippen LogP contribution in [0.4, 0.5) is 8.22 Å². The van der Waals surface area contributed by atoms with E-state index >= 15 is 8.22 Å². The van der Waals surface area contributed by atoms with Gasteiger partial charge in [-0.15, -0.1) is 0 Å². The van der Waals surface area contributed by atoms with Crippen molar-refractivity contribution in [3.05, 3.63) is 0 Å². The average molecular weight is 529 g/mol. The zero-order valence-electron chi connectivity index (χ0n) is 23.8. The van der Waals surface area contributed by atoms with Crippen molar-refractivity contribution >= 4 is 42.3 Å². The van der Waals surface area contributed by atoms with Crippen LogP contribution in [0.5, 0.6) is 0 Å². The van der Waals surface area contributed by atoms with Crippen LogP contribution in [0.2, 0.25) is 67.0 Å². The molecule has 31 heavy (non-hydrogen) atoms. The van der Waals surface area contributed by atoms with Gasteiger partial charge in [-0.2, -0.15) is 0 Å². The molecule has 0 heterocycles. The number of nitrogens with zero attached hydrogens (tertiary/aromatic N) is 1. The van der Waals surface area contributed by atoms with Gasteiger partial charge in [-0.05, 0) is 16.6 Å². The average Bonchev–Trinajstić information content (AvgIpc) is 2.38. The molecule has 0 aliphatic heterocycles. The number of nitrogens with one attached hydrogen (secondary N) is 1. The Morgan fingerprint density at radius 3 is 1.16 bits per heavy atom. The predicted octanol–water partition coefficient (Wildman–Crippen LogP) is 8.38. The minimum absolute atomic E-state index is 0.191. The van der Waals surface area contributed by atoms with Crippen molar-refractivity contribution in [3.8, 4) is 0 Å². The minimum atomic E-state index is -3.63. The second-order valence-electron chi connectivity index (χ2n) is 14.0. The van der Waals surface area contributed by atoms with E-state index in [1.807, 2.05) is 27.7 Å². The molecule has 0 amide bonds. The summed E-state index contributed by atoms with van der Waals surface area (Å²) >= 11 is 0.